The fourth-order valence-electron chi connectivity index (χ4n) is 2.95. The van der Waals surface area contributed by atoms with Crippen molar-refractivity contribution in [2.24, 2.45) is 11.8 Å². The summed E-state index contributed by atoms with van der Waals surface area (Å²) in [6.07, 6.45) is 1.08. The predicted octanol–water partition coefficient (Wildman–Crippen LogP) is 2.33. The minimum atomic E-state index is -0.628. The molecule has 2 unspecified atom stereocenters. The van der Waals surface area contributed by atoms with E-state index >= 15 is 0 Å². The van der Waals surface area contributed by atoms with Gasteiger partial charge in [-0.25, -0.2) is 0 Å². The molecule has 1 aromatic rings. The summed E-state index contributed by atoms with van der Waals surface area (Å²) in [5.74, 6) is -0.332. The van der Waals surface area contributed by atoms with Crippen LogP contribution in [0.1, 0.15) is 37.6 Å². The molecular weight excluding hydrogens is 280 g/mol. The molecule has 0 spiro atoms. The Labute approximate surface area is 130 Å². The number of carbonyl (C=O) groups excluding carboxylic acids is 3. The van der Waals surface area contributed by atoms with Crippen LogP contribution in [0.3, 0.4) is 0 Å². The van der Waals surface area contributed by atoms with E-state index < -0.39 is 11.8 Å². The van der Waals surface area contributed by atoms with Gasteiger partial charge in [0.05, 0.1) is 0 Å². The van der Waals surface area contributed by atoms with Gasteiger partial charge in [-0.1, -0.05) is 13.8 Å². The van der Waals surface area contributed by atoms with Crippen LogP contribution in [-0.4, -0.2) is 35.6 Å². The number of piperidine rings is 1. The van der Waals surface area contributed by atoms with Gasteiger partial charge in [-0.3, -0.25) is 14.4 Å². The summed E-state index contributed by atoms with van der Waals surface area (Å²) in [5, 5.41) is 2.59. The monoisotopic (exact) mass is 302 g/mol. The molecule has 118 valence electrons. The maximum atomic E-state index is 12.2. The molecule has 2 rings (SSSR count). The van der Waals surface area contributed by atoms with Gasteiger partial charge in [-0.15, -0.1) is 0 Å². The summed E-state index contributed by atoms with van der Waals surface area (Å²) in [4.78, 5) is 37.1. The maximum Gasteiger partial charge on any atom is 0.313 e. The first kappa shape index (κ1) is 16.2. The third-order valence-electron chi connectivity index (χ3n) is 3.90. The maximum absolute atomic E-state index is 12.2. The zero-order valence-electron chi connectivity index (χ0n) is 13.3. The average Bonchev–Trinajstić information content (AvgIpc) is 2.46. The second kappa shape index (κ2) is 6.73. The van der Waals surface area contributed by atoms with Gasteiger partial charge < -0.3 is 10.2 Å². The minimum Gasteiger partial charge on any atom is -0.334 e. The lowest BCUT2D eigenvalue weighted by Crippen LogP contribution is -2.47. The van der Waals surface area contributed by atoms with Crippen LogP contribution in [-0.2, 0) is 9.59 Å². The molecular formula is C17H22N2O3. The molecule has 1 N–H and O–H groups in total. The lowest BCUT2D eigenvalue weighted by atomic mass is 9.92. The van der Waals surface area contributed by atoms with E-state index in [2.05, 4.69) is 19.2 Å². The normalized spacial score (nSPS) is 21.3. The van der Waals surface area contributed by atoms with Crippen molar-refractivity contribution < 1.29 is 14.4 Å². The lowest BCUT2D eigenvalue weighted by Gasteiger charge is -2.34. The predicted molar refractivity (Wildman–Crippen MR) is 84.6 cm³/mol. The number of nitrogens with one attached hydrogen (secondary N) is 1. The molecule has 0 aliphatic carbocycles. The molecule has 1 fully saturated rings. The molecule has 5 heteroatoms. The second-order valence-corrected chi connectivity index (χ2v) is 6.24. The average molecular weight is 302 g/mol. The van der Waals surface area contributed by atoms with Crippen molar-refractivity contribution in [3.63, 3.8) is 0 Å². The van der Waals surface area contributed by atoms with Crippen LogP contribution in [0, 0.1) is 11.8 Å². The van der Waals surface area contributed by atoms with Crippen molar-refractivity contribution in [1.29, 1.82) is 0 Å². The smallest absolute Gasteiger partial charge is 0.313 e. The Hall–Kier alpha value is -2.17. The van der Waals surface area contributed by atoms with Crippen LogP contribution in [0.5, 0.6) is 0 Å². The summed E-state index contributed by atoms with van der Waals surface area (Å²) in [6.45, 7) is 6.91. The van der Waals surface area contributed by atoms with Gasteiger partial charge >= 0.3 is 11.8 Å². The van der Waals surface area contributed by atoms with Crippen LogP contribution in [0.25, 0.3) is 0 Å². The molecule has 1 heterocycles. The van der Waals surface area contributed by atoms with E-state index in [1.807, 2.05) is 0 Å². The Morgan fingerprint density at radius 3 is 2.09 bits per heavy atom. The van der Waals surface area contributed by atoms with Gasteiger partial charge in [0.1, 0.15) is 0 Å². The third kappa shape index (κ3) is 3.93. The number of rotatable bonds is 2. The number of amides is 2. The molecule has 0 saturated carbocycles. The second-order valence-electron chi connectivity index (χ2n) is 6.24. The topological polar surface area (TPSA) is 66.5 Å². The third-order valence-corrected chi connectivity index (χ3v) is 3.90. The number of hydrogen-bond acceptors (Lipinski definition) is 3. The van der Waals surface area contributed by atoms with Gasteiger partial charge in [0, 0.05) is 24.3 Å². The fourth-order valence-corrected chi connectivity index (χ4v) is 2.95. The van der Waals surface area contributed by atoms with Crippen LogP contribution < -0.4 is 5.32 Å². The Morgan fingerprint density at radius 2 is 1.59 bits per heavy atom. The number of carbonyl (C=O) groups is 3. The van der Waals surface area contributed by atoms with Crippen molar-refractivity contribution in [2.75, 3.05) is 18.4 Å². The summed E-state index contributed by atoms with van der Waals surface area (Å²) >= 11 is 0. The Morgan fingerprint density at radius 1 is 1.05 bits per heavy atom. The van der Waals surface area contributed by atoms with E-state index in [1.54, 1.807) is 29.2 Å². The summed E-state index contributed by atoms with van der Waals surface area (Å²) < 4.78 is 0. The molecule has 1 aliphatic heterocycles. The van der Waals surface area contributed by atoms with E-state index in [-0.39, 0.29) is 5.78 Å². The van der Waals surface area contributed by atoms with Crippen molar-refractivity contribution in [1.82, 2.24) is 4.90 Å². The van der Waals surface area contributed by atoms with Crippen LogP contribution in [0.2, 0.25) is 0 Å². The first-order valence-electron chi connectivity index (χ1n) is 7.58. The van der Waals surface area contributed by atoms with Crippen LogP contribution in [0.15, 0.2) is 24.3 Å². The molecule has 1 aromatic carbocycles. The zero-order valence-corrected chi connectivity index (χ0v) is 13.3. The van der Waals surface area contributed by atoms with Gasteiger partial charge in [0.15, 0.2) is 5.78 Å². The van der Waals surface area contributed by atoms with Gasteiger partial charge in [-0.2, -0.15) is 0 Å². The fraction of sp³-hybridized carbons (Fsp3) is 0.471. The van der Waals surface area contributed by atoms with E-state index in [0.29, 0.717) is 36.2 Å². The molecule has 2 atom stereocenters. The SMILES string of the molecule is CC(=O)c1ccc(NC(=O)C(=O)N2CC(C)CC(C)C2)cc1. The number of benzene rings is 1. The van der Waals surface area contributed by atoms with Gasteiger partial charge in [0.25, 0.3) is 0 Å². The zero-order chi connectivity index (χ0) is 16.3. The Kier molecular flexibility index (Phi) is 4.96. The molecule has 0 radical (unpaired) electrons. The highest BCUT2D eigenvalue weighted by molar-refractivity contribution is 6.39. The minimum absolute atomic E-state index is 0.0368. The first-order chi connectivity index (χ1) is 10.4. The summed E-state index contributed by atoms with van der Waals surface area (Å²) in [7, 11) is 0. The highest BCUT2D eigenvalue weighted by Gasteiger charge is 2.29. The van der Waals surface area contributed by atoms with E-state index in [0.717, 1.165) is 6.42 Å². The van der Waals surface area contributed by atoms with Crippen molar-refractivity contribution in [3.05, 3.63) is 29.8 Å². The number of anilines is 1. The highest BCUT2D eigenvalue weighted by atomic mass is 16.2. The van der Waals surface area contributed by atoms with Crippen molar-refractivity contribution in [3.8, 4) is 0 Å². The molecule has 2 amide bonds. The number of hydrogen-bond donors (Lipinski definition) is 1. The van der Waals surface area contributed by atoms with E-state index in [9.17, 15) is 14.4 Å². The quantitative estimate of drug-likeness (QED) is 0.673. The Balaban J connectivity index is 1.99. The molecule has 22 heavy (non-hydrogen) atoms. The standard InChI is InChI=1S/C17H22N2O3/c1-11-8-12(2)10-19(9-11)17(22)16(21)18-15-6-4-14(5-7-15)13(3)20/h4-7,11-12H,8-10H2,1-3H3,(H,18,21). The molecule has 0 aromatic heterocycles. The Bertz CT molecular complexity index is 570. The van der Waals surface area contributed by atoms with Crippen molar-refractivity contribution >= 4 is 23.3 Å². The van der Waals surface area contributed by atoms with Crippen LogP contribution >= 0.6 is 0 Å². The van der Waals surface area contributed by atoms with E-state index in [1.165, 1.54) is 6.92 Å². The number of nitrogens with zero attached hydrogens (tertiary/aromatic N) is 1. The molecule has 5 nitrogen and oxygen atoms in total. The highest BCUT2D eigenvalue weighted by Crippen LogP contribution is 2.21. The van der Waals surface area contributed by atoms with Crippen molar-refractivity contribution in [2.45, 2.75) is 27.2 Å². The molecule has 1 aliphatic rings. The lowest BCUT2D eigenvalue weighted by molar-refractivity contribution is -0.144. The number of ketones is 1. The summed E-state index contributed by atoms with van der Waals surface area (Å²) in [5.41, 5.74) is 1.09. The van der Waals surface area contributed by atoms with Gasteiger partial charge in [-0.05, 0) is 49.4 Å². The first-order valence-corrected chi connectivity index (χ1v) is 7.58. The largest absolute Gasteiger partial charge is 0.334 e. The summed E-state index contributed by atoms with van der Waals surface area (Å²) in [6, 6.07) is 6.52. The number of likely N-dealkylation sites (tertiary alicyclic amines) is 1. The van der Waals surface area contributed by atoms with E-state index in [4.69, 9.17) is 0 Å². The van der Waals surface area contributed by atoms with Gasteiger partial charge in [0.2, 0.25) is 0 Å². The molecule has 0 bridgehead atoms. The number of Topliss-reactive ketones (excluding diaryl/α,β-unsaturated/α-hetero) is 1. The molecule has 1 saturated heterocycles. The van der Waals surface area contributed by atoms with Crippen LogP contribution in [0.4, 0.5) is 5.69 Å².